The van der Waals surface area contributed by atoms with E-state index in [2.05, 4.69) is 11.4 Å². The Morgan fingerprint density at radius 2 is 2.29 bits per heavy atom. The van der Waals surface area contributed by atoms with Gasteiger partial charge in [-0.15, -0.1) is 6.58 Å². The molecule has 0 heterocycles. The summed E-state index contributed by atoms with van der Waals surface area (Å²) >= 11 is 0. The van der Waals surface area contributed by atoms with Gasteiger partial charge in [-0.2, -0.15) is 5.90 Å². The van der Waals surface area contributed by atoms with Crippen LogP contribution in [0.2, 0.25) is 0 Å². The minimum absolute atomic E-state index is 0.382. The lowest BCUT2D eigenvalue weighted by molar-refractivity contribution is 0.0502. The lowest BCUT2D eigenvalue weighted by Crippen LogP contribution is -2.13. The Hall–Kier alpha value is -1.81. The van der Waals surface area contributed by atoms with E-state index < -0.39 is 5.97 Å². The number of anilines is 1. The number of carbonyl (C=O) groups is 1. The molecule has 0 radical (unpaired) electrons. The van der Waals surface area contributed by atoms with Crippen molar-refractivity contribution in [2.45, 2.75) is 6.42 Å². The predicted molar refractivity (Wildman–Crippen MR) is 54.4 cm³/mol. The summed E-state index contributed by atoms with van der Waals surface area (Å²) < 4.78 is 0. The molecule has 14 heavy (non-hydrogen) atoms. The van der Waals surface area contributed by atoms with Crippen molar-refractivity contribution in [2.75, 3.05) is 5.73 Å². The van der Waals surface area contributed by atoms with Crippen molar-refractivity contribution in [3.63, 3.8) is 0 Å². The van der Waals surface area contributed by atoms with Gasteiger partial charge >= 0.3 is 5.97 Å². The highest BCUT2D eigenvalue weighted by atomic mass is 16.7. The fourth-order valence-electron chi connectivity index (χ4n) is 1.23. The first-order valence-electron chi connectivity index (χ1n) is 4.10. The van der Waals surface area contributed by atoms with Crippen LogP contribution in [-0.2, 0) is 11.3 Å². The second kappa shape index (κ2) is 4.43. The zero-order valence-corrected chi connectivity index (χ0v) is 7.69. The van der Waals surface area contributed by atoms with Crippen molar-refractivity contribution in [1.29, 1.82) is 0 Å². The summed E-state index contributed by atoms with van der Waals surface area (Å²) in [5, 5.41) is 0. The van der Waals surface area contributed by atoms with Crippen LogP contribution in [-0.4, -0.2) is 5.97 Å². The van der Waals surface area contributed by atoms with Crippen LogP contribution in [0.1, 0.15) is 15.9 Å². The topological polar surface area (TPSA) is 78.3 Å². The van der Waals surface area contributed by atoms with Gasteiger partial charge in [0, 0.05) is 5.69 Å². The van der Waals surface area contributed by atoms with Crippen LogP contribution < -0.4 is 11.6 Å². The highest BCUT2D eigenvalue weighted by Gasteiger charge is 2.12. The normalized spacial score (nSPS) is 9.50. The van der Waals surface area contributed by atoms with Gasteiger partial charge in [-0.1, -0.05) is 12.1 Å². The SMILES string of the molecule is C=CCc1c(N)cccc1C(=O)ON. The minimum Gasteiger partial charge on any atom is -0.398 e. The molecule has 0 fully saturated rings. The largest absolute Gasteiger partial charge is 0.398 e. The third-order valence-corrected chi connectivity index (χ3v) is 1.89. The first-order valence-corrected chi connectivity index (χ1v) is 4.10. The molecule has 0 saturated heterocycles. The van der Waals surface area contributed by atoms with Crippen molar-refractivity contribution < 1.29 is 9.63 Å². The van der Waals surface area contributed by atoms with Crippen LogP contribution in [0, 0.1) is 0 Å². The summed E-state index contributed by atoms with van der Waals surface area (Å²) in [6, 6.07) is 5.00. The summed E-state index contributed by atoms with van der Waals surface area (Å²) in [5.41, 5.74) is 7.31. The molecule has 0 spiro atoms. The van der Waals surface area contributed by atoms with Gasteiger partial charge in [0.25, 0.3) is 0 Å². The number of hydrogen-bond acceptors (Lipinski definition) is 4. The predicted octanol–water partition coefficient (Wildman–Crippen LogP) is 1.03. The summed E-state index contributed by atoms with van der Waals surface area (Å²) in [4.78, 5) is 15.4. The lowest BCUT2D eigenvalue weighted by atomic mass is 10.0. The number of nitrogen functional groups attached to an aromatic ring is 1. The molecule has 1 rings (SSSR count). The second-order valence-corrected chi connectivity index (χ2v) is 2.77. The molecule has 0 atom stereocenters. The fourth-order valence-corrected chi connectivity index (χ4v) is 1.23. The standard InChI is InChI=1S/C10H12N2O2/c1-2-4-7-8(10(13)14-12)5-3-6-9(7)11/h2-3,5-6H,1,4,11-12H2. The maximum absolute atomic E-state index is 11.2. The fraction of sp³-hybridized carbons (Fsp3) is 0.100. The van der Waals surface area contributed by atoms with Crippen molar-refractivity contribution >= 4 is 11.7 Å². The number of benzene rings is 1. The van der Waals surface area contributed by atoms with Crippen molar-refractivity contribution in [2.24, 2.45) is 5.90 Å². The summed E-state index contributed by atoms with van der Waals surface area (Å²) in [6.45, 7) is 3.58. The first kappa shape index (κ1) is 10.3. The van der Waals surface area contributed by atoms with Gasteiger partial charge in [0.15, 0.2) is 0 Å². The van der Waals surface area contributed by atoms with Crippen LogP contribution in [0.4, 0.5) is 5.69 Å². The second-order valence-electron chi connectivity index (χ2n) is 2.77. The van der Waals surface area contributed by atoms with Crippen LogP contribution in [0.5, 0.6) is 0 Å². The number of carbonyl (C=O) groups excluding carboxylic acids is 1. The summed E-state index contributed by atoms with van der Waals surface area (Å²) in [7, 11) is 0. The molecule has 0 amide bonds. The molecule has 1 aromatic carbocycles. The van der Waals surface area contributed by atoms with Gasteiger partial charge in [-0.25, -0.2) is 4.79 Å². The Labute approximate surface area is 82.1 Å². The van der Waals surface area contributed by atoms with Gasteiger partial charge in [0.1, 0.15) is 0 Å². The number of rotatable bonds is 3. The number of nitrogens with two attached hydrogens (primary N) is 2. The number of allylic oxidation sites excluding steroid dienone is 1. The highest BCUT2D eigenvalue weighted by Crippen LogP contribution is 2.18. The van der Waals surface area contributed by atoms with Crippen molar-refractivity contribution in [3.8, 4) is 0 Å². The molecule has 0 bridgehead atoms. The van der Waals surface area contributed by atoms with E-state index in [1.54, 1.807) is 24.3 Å². The Balaban J connectivity index is 3.20. The molecule has 0 aliphatic rings. The molecular weight excluding hydrogens is 180 g/mol. The van der Waals surface area contributed by atoms with E-state index in [0.29, 0.717) is 23.2 Å². The molecule has 4 nitrogen and oxygen atoms in total. The molecule has 4 N–H and O–H groups in total. The molecule has 0 saturated carbocycles. The van der Waals surface area contributed by atoms with E-state index in [0.717, 1.165) is 0 Å². The van der Waals surface area contributed by atoms with Gasteiger partial charge in [0.05, 0.1) is 5.56 Å². The van der Waals surface area contributed by atoms with Crippen molar-refractivity contribution in [1.82, 2.24) is 0 Å². The molecule has 0 unspecified atom stereocenters. The molecule has 0 aliphatic heterocycles. The third kappa shape index (κ3) is 1.92. The van der Waals surface area contributed by atoms with E-state index in [-0.39, 0.29) is 0 Å². The Bertz CT molecular complexity index is 361. The minimum atomic E-state index is -0.589. The van der Waals surface area contributed by atoms with E-state index >= 15 is 0 Å². The Morgan fingerprint density at radius 1 is 1.57 bits per heavy atom. The smallest absolute Gasteiger partial charge is 0.356 e. The van der Waals surface area contributed by atoms with Crippen LogP contribution in [0.25, 0.3) is 0 Å². The van der Waals surface area contributed by atoms with Crippen molar-refractivity contribution in [3.05, 3.63) is 42.0 Å². The maximum atomic E-state index is 11.2. The van der Waals surface area contributed by atoms with Gasteiger partial charge in [-0.05, 0) is 24.1 Å². The Kier molecular flexibility index (Phi) is 3.25. The zero-order chi connectivity index (χ0) is 10.6. The summed E-state index contributed by atoms with van der Waals surface area (Å²) in [5.74, 6) is 4.21. The van der Waals surface area contributed by atoms with E-state index in [1.165, 1.54) is 0 Å². The van der Waals surface area contributed by atoms with E-state index in [9.17, 15) is 4.79 Å². The van der Waals surface area contributed by atoms with Gasteiger partial charge < -0.3 is 10.6 Å². The first-order chi connectivity index (χ1) is 6.70. The third-order valence-electron chi connectivity index (χ3n) is 1.89. The highest BCUT2D eigenvalue weighted by molar-refractivity contribution is 5.92. The van der Waals surface area contributed by atoms with Gasteiger partial charge in [-0.3, -0.25) is 0 Å². The molecule has 4 heteroatoms. The summed E-state index contributed by atoms with van der Waals surface area (Å²) in [6.07, 6.45) is 2.18. The molecule has 74 valence electrons. The van der Waals surface area contributed by atoms with Crippen LogP contribution >= 0.6 is 0 Å². The van der Waals surface area contributed by atoms with Gasteiger partial charge in [0.2, 0.25) is 0 Å². The Morgan fingerprint density at radius 3 is 2.86 bits per heavy atom. The lowest BCUT2D eigenvalue weighted by Gasteiger charge is -2.07. The average molecular weight is 192 g/mol. The van der Waals surface area contributed by atoms with E-state index in [1.807, 2.05) is 0 Å². The average Bonchev–Trinajstić information content (AvgIpc) is 2.20. The molecule has 1 aromatic rings. The molecule has 0 aromatic heterocycles. The zero-order valence-electron chi connectivity index (χ0n) is 7.69. The maximum Gasteiger partial charge on any atom is 0.356 e. The number of hydrogen-bond donors (Lipinski definition) is 2. The van der Waals surface area contributed by atoms with Crippen LogP contribution in [0.15, 0.2) is 30.9 Å². The molecular formula is C10H12N2O2. The quantitative estimate of drug-likeness (QED) is 0.426. The van der Waals surface area contributed by atoms with Crippen LogP contribution in [0.3, 0.4) is 0 Å². The molecule has 0 aliphatic carbocycles. The monoisotopic (exact) mass is 192 g/mol. The van der Waals surface area contributed by atoms with E-state index in [4.69, 9.17) is 11.6 Å².